The van der Waals surface area contributed by atoms with Gasteiger partial charge in [-0.15, -0.1) is 0 Å². The van der Waals surface area contributed by atoms with Crippen molar-refractivity contribution in [1.29, 1.82) is 0 Å². The van der Waals surface area contributed by atoms with Crippen LogP contribution in [0.1, 0.15) is 19.8 Å². The molecule has 0 aromatic rings. The Morgan fingerprint density at radius 2 is 2.44 bits per heavy atom. The third-order valence-corrected chi connectivity index (χ3v) is 1.78. The molecule has 0 amide bonds. The van der Waals surface area contributed by atoms with Crippen molar-refractivity contribution in [3.63, 3.8) is 0 Å². The first-order valence-electron chi connectivity index (χ1n) is 3.09. The Morgan fingerprint density at radius 3 is 2.67 bits per heavy atom. The predicted octanol–water partition coefficient (Wildman–Crippen LogP) is 1.43. The van der Waals surface area contributed by atoms with Gasteiger partial charge in [0, 0.05) is 0 Å². The molecule has 0 bridgehead atoms. The van der Waals surface area contributed by atoms with Crippen LogP contribution in [-0.4, -0.2) is 11.4 Å². The number of hydrogen-bond donors (Lipinski definition) is 1. The molecule has 1 N–H and O–H groups in total. The largest absolute Gasteiger partial charge is 0.512 e. The van der Waals surface area contributed by atoms with E-state index < -0.39 is 0 Å². The highest BCUT2D eigenvalue weighted by Crippen LogP contribution is 2.27. The van der Waals surface area contributed by atoms with Gasteiger partial charge in [-0.3, -0.25) is 0 Å². The van der Waals surface area contributed by atoms with E-state index in [2.05, 4.69) is 0 Å². The van der Waals surface area contributed by atoms with Gasteiger partial charge in [0.25, 0.3) is 0 Å². The first-order valence-corrected chi connectivity index (χ1v) is 3.09. The minimum Gasteiger partial charge on any atom is -0.512 e. The van der Waals surface area contributed by atoms with E-state index in [-0.39, 0.29) is 5.92 Å². The van der Waals surface area contributed by atoms with E-state index >= 15 is 0 Å². The van der Waals surface area contributed by atoms with Crippen LogP contribution < -0.4 is 0 Å². The molecule has 2 nitrogen and oxygen atoms in total. The standard InChI is InChI=1S/C7H10O2/c1-5-2-3-6(4-8)7(5)9/h4,6,9H,2-3H2,1H3. The van der Waals surface area contributed by atoms with E-state index in [9.17, 15) is 4.79 Å². The average Bonchev–Trinajstić information content (AvgIpc) is 2.15. The van der Waals surface area contributed by atoms with Crippen LogP contribution in [0.15, 0.2) is 11.3 Å². The molecule has 1 rings (SSSR count). The van der Waals surface area contributed by atoms with Gasteiger partial charge in [0.2, 0.25) is 0 Å². The lowest BCUT2D eigenvalue weighted by Crippen LogP contribution is -1.98. The van der Waals surface area contributed by atoms with E-state index in [1.54, 1.807) is 0 Å². The molecule has 0 aromatic heterocycles. The summed E-state index contributed by atoms with van der Waals surface area (Å²) in [7, 11) is 0. The zero-order chi connectivity index (χ0) is 6.85. The lowest BCUT2D eigenvalue weighted by molar-refractivity contribution is -0.110. The number of aliphatic hydroxyl groups excluding tert-OH is 1. The number of aldehydes is 1. The molecule has 50 valence electrons. The number of aliphatic hydroxyl groups is 1. The van der Waals surface area contributed by atoms with Gasteiger partial charge in [-0.05, 0) is 25.3 Å². The van der Waals surface area contributed by atoms with Crippen LogP contribution in [0, 0.1) is 5.92 Å². The number of rotatable bonds is 1. The first kappa shape index (κ1) is 6.33. The highest BCUT2D eigenvalue weighted by molar-refractivity contribution is 5.59. The third-order valence-electron chi connectivity index (χ3n) is 1.78. The van der Waals surface area contributed by atoms with Gasteiger partial charge in [-0.25, -0.2) is 0 Å². The Kier molecular flexibility index (Phi) is 1.56. The van der Waals surface area contributed by atoms with Crippen molar-refractivity contribution in [3.05, 3.63) is 11.3 Å². The molecule has 2 heteroatoms. The summed E-state index contributed by atoms with van der Waals surface area (Å²) >= 11 is 0. The van der Waals surface area contributed by atoms with Crippen molar-refractivity contribution in [1.82, 2.24) is 0 Å². The highest BCUT2D eigenvalue weighted by atomic mass is 16.3. The summed E-state index contributed by atoms with van der Waals surface area (Å²) in [6.07, 6.45) is 2.47. The summed E-state index contributed by atoms with van der Waals surface area (Å²) in [5.41, 5.74) is 0.965. The lowest BCUT2D eigenvalue weighted by Gasteiger charge is -1.97. The minimum absolute atomic E-state index is 0.204. The van der Waals surface area contributed by atoms with Crippen molar-refractivity contribution in [3.8, 4) is 0 Å². The van der Waals surface area contributed by atoms with Crippen molar-refractivity contribution in [2.45, 2.75) is 19.8 Å². The Bertz CT molecular complexity index is 158. The molecule has 0 aliphatic heterocycles. The van der Waals surface area contributed by atoms with Gasteiger partial charge in [-0.1, -0.05) is 0 Å². The van der Waals surface area contributed by atoms with Crippen LogP contribution in [0.3, 0.4) is 0 Å². The Labute approximate surface area is 54.2 Å². The molecule has 0 fully saturated rings. The first-order chi connectivity index (χ1) is 4.25. The van der Waals surface area contributed by atoms with Crippen molar-refractivity contribution in [2.24, 2.45) is 5.92 Å². The van der Waals surface area contributed by atoms with Crippen LogP contribution in [0.5, 0.6) is 0 Å². The van der Waals surface area contributed by atoms with Crippen molar-refractivity contribution in [2.75, 3.05) is 0 Å². The predicted molar refractivity (Wildman–Crippen MR) is 34.1 cm³/mol. The summed E-state index contributed by atoms with van der Waals surface area (Å²) in [5.74, 6) is 0.0926. The molecule has 0 saturated carbocycles. The number of carbonyl (C=O) groups excluding carboxylic acids is 1. The van der Waals surface area contributed by atoms with Crippen molar-refractivity contribution >= 4 is 6.29 Å². The van der Waals surface area contributed by atoms with E-state index in [4.69, 9.17) is 5.11 Å². The van der Waals surface area contributed by atoms with E-state index in [0.29, 0.717) is 5.76 Å². The van der Waals surface area contributed by atoms with Gasteiger partial charge in [0.05, 0.1) is 5.92 Å². The molecule has 1 aliphatic carbocycles. The van der Waals surface area contributed by atoms with E-state index in [1.807, 2.05) is 6.92 Å². The monoisotopic (exact) mass is 126 g/mol. The highest BCUT2D eigenvalue weighted by Gasteiger charge is 2.21. The molecule has 0 radical (unpaired) electrons. The van der Waals surface area contributed by atoms with Crippen LogP contribution in [0.4, 0.5) is 0 Å². The maximum Gasteiger partial charge on any atom is 0.130 e. The van der Waals surface area contributed by atoms with Gasteiger partial charge in [0.1, 0.15) is 12.0 Å². The van der Waals surface area contributed by atoms with Crippen molar-refractivity contribution < 1.29 is 9.90 Å². The van der Waals surface area contributed by atoms with Crippen LogP contribution in [0.25, 0.3) is 0 Å². The van der Waals surface area contributed by atoms with Crippen LogP contribution in [-0.2, 0) is 4.79 Å². The molecule has 0 saturated heterocycles. The number of hydrogen-bond acceptors (Lipinski definition) is 2. The van der Waals surface area contributed by atoms with Gasteiger partial charge < -0.3 is 9.90 Å². The second-order valence-corrected chi connectivity index (χ2v) is 2.45. The molecule has 1 unspecified atom stereocenters. The fraction of sp³-hybridized carbons (Fsp3) is 0.571. The number of carbonyl (C=O) groups is 1. The normalized spacial score (nSPS) is 27.0. The molecule has 1 aliphatic rings. The quantitative estimate of drug-likeness (QED) is 0.539. The molecule has 0 spiro atoms. The van der Waals surface area contributed by atoms with E-state index in [0.717, 1.165) is 24.7 Å². The Balaban J connectivity index is 2.74. The second-order valence-electron chi connectivity index (χ2n) is 2.45. The Hall–Kier alpha value is -0.790. The zero-order valence-corrected chi connectivity index (χ0v) is 5.42. The molecule has 9 heavy (non-hydrogen) atoms. The SMILES string of the molecule is CC1=C(O)C(C=O)CC1. The maximum absolute atomic E-state index is 10.2. The molecule has 0 aromatic carbocycles. The lowest BCUT2D eigenvalue weighted by atomic mass is 10.1. The Morgan fingerprint density at radius 1 is 1.78 bits per heavy atom. The summed E-state index contributed by atoms with van der Waals surface area (Å²) < 4.78 is 0. The fourth-order valence-electron chi connectivity index (χ4n) is 1.09. The fourth-order valence-corrected chi connectivity index (χ4v) is 1.09. The van der Waals surface area contributed by atoms with E-state index in [1.165, 1.54) is 0 Å². The van der Waals surface area contributed by atoms with Crippen LogP contribution in [0.2, 0.25) is 0 Å². The summed E-state index contributed by atoms with van der Waals surface area (Å²) in [4.78, 5) is 10.2. The number of allylic oxidation sites excluding steroid dienone is 2. The maximum atomic E-state index is 10.2. The molecular weight excluding hydrogens is 116 g/mol. The smallest absolute Gasteiger partial charge is 0.130 e. The molecular formula is C7H10O2. The van der Waals surface area contributed by atoms with Gasteiger partial charge in [-0.2, -0.15) is 0 Å². The minimum atomic E-state index is -0.204. The van der Waals surface area contributed by atoms with Crippen LogP contribution >= 0.6 is 0 Å². The summed E-state index contributed by atoms with van der Waals surface area (Å²) in [5, 5.41) is 9.11. The zero-order valence-electron chi connectivity index (χ0n) is 5.42. The van der Waals surface area contributed by atoms with Gasteiger partial charge in [0.15, 0.2) is 0 Å². The summed E-state index contributed by atoms with van der Waals surface area (Å²) in [6, 6.07) is 0. The third kappa shape index (κ3) is 0.969. The average molecular weight is 126 g/mol. The molecule has 0 heterocycles. The second kappa shape index (κ2) is 2.21. The molecule has 1 atom stereocenters. The topological polar surface area (TPSA) is 37.3 Å². The van der Waals surface area contributed by atoms with Gasteiger partial charge >= 0.3 is 0 Å². The summed E-state index contributed by atoms with van der Waals surface area (Å²) in [6.45, 7) is 1.86.